The van der Waals surface area contributed by atoms with Crippen LogP contribution in [0.2, 0.25) is 0 Å². The lowest BCUT2D eigenvalue weighted by molar-refractivity contribution is -0.149. The molecule has 3 fully saturated rings. The SMILES string of the molecule is CC1([C@H](NC(=O)c2ccnn2C2CC2)C(=O)Nc2cc(CN3CC(C(F)(F)F)NC3=O)ccn2)CCC(F)(F)CC1. The molecule has 3 heterocycles. The van der Waals surface area contributed by atoms with Gasteiger partial charge in [-0.1, -0.05) is 6.92 Å². The highest BCUT2D eigenvalue weighted by Gasteiger charge is 2.49. The smallest absolute Gasteiger partial charge is 0.338 e. The molecule has 5 rings (SSSR count). The van der Waals surface area contributed by atoms with Crippen LogP contribution in [0.1, 0.15) is 67.5 Å². The lowest BCUT2D eigenvalue weighted by Crippen LogP contribution is -2.55. The quantitative estimate of drug-likeness (QED) is 0.406. The van der Waals surface area contributed by atoms with Crippen molar-refractivity contribution in [3.63, 3.8) is 0 Å². The summed E-state index contributed by atoms with van der Waals surface area (Å²) in [5, 5.41) is 11.5. The fourth-order valence-electron chi connectivity index (χ4n) is 5.31. The zero-order chi connectivity index (χ0) is 29.6. The monoisotopic (exact) mass is 583 g/mol. The van der Waals surface area contributed by atoms with E-state index in [4.69, 9.17) is 0 Å². The van der Waals surface area contributed by atoms with E-state index < -0.39 is 66.8 Å². The van der Waals surface area contributed by atoms with Crippen LogP contribution in [0.25, 0.3) is 0 Å². The maximum absolute atomic E-state index is 14.0. The van der Waals surface area contributed by atoms with Gasteiger partial charge >= 0.3 is 12.2 Å². The molecule has 1 saturated heterocycles. The van der Waals surface area contributed by atoms with Gasteiger partial charge in [0.2, 0.25) is 11.8 Å². The third-order valence-electron chi connectivity index (χ3n) is 7.99. The van der Waals surface area contributed by atoms with Gasteiger partial charge < -0.3 is 20.9 Å². The van der Waals surface area contributed by atoms with E-state index in [9.17, 15) is 36.3 Å². The second-order valence-corrected chi connectivity index (χ2v) is 11.3. The molecule has 0 radical (unpaired) electrons. The molecular weight excluding hydrogens is 553 g/mol. The number of carbonyl (C=O) groups excluding carboxylic acids is 3. The van der Waals surface area contributed by atoms with E-state index in [0.29, 0.717) is 5.56 Å². The Morgan fingerprint density at radius 3 is 2.49 bits per heavy atom. The van der Waals surface area contributed by atoms with Gasteiger partial charge in [0.05, 0.1) is 12.6 Å². The Hall–Kier alpha value is -3.78. The van der Waals surface area contributed by atoms with Gasteiger partial charge in [0.25, 0.3) is 5.91 Å². The van der Waals surface area contributed by atoms with Gasteiger partial charge in [0.1, 0.15) is 23.6 Å². The average Bonchev–Trinajstić information content (AvgIpc) is 3.50. The molecule has 2 aromatic rings. The Bertz CT molecular complexity index is 1320. The summed E-state index contributed by atoms with van der Waals surface area (Å²) in [5.74, 6) is -4.07. The summed E-state index contributed by atoms with van der Waals surface area (Å²) in [5.41, 5.74) is -0.328. The van der Waals surface area contributed by atoms with Crippen LogP contribution in [-0.2, 0) is 11.3 Å². The topological polar surface area (TPSA) is 121 Å². The van der Waals surface area contributed by atoms with Crippen LogP contribution in [-0.4, -0.2) is 68.2 Å². The molecule has 4 amide bonds. The van der Waals surface area contributed by atoms with Crippen molar-refractivity contribution in [1.82, 2.24) is 30.3 Å². The molecule has 2 atom stereocenters. The van der Waals surface area contributed by atoms with Crippen molar-refractivity contribution < 1.29 is 36.3 Å². The fourth-order valence-corrected chi connectivity index (χ4v) is 5.31. The van der Waals surface area contributed by atoms with Crippen molar-refractivity contribution in [3.05, 3.63) is 41.9 Å². The predicted molar refractivity (Wildman–Crippen MR) is 135 cm³/mol. The minimum absolute atomic E-state index is 0.0157. The minimum atomic E-state index is -4.59. The van der Waals surface area contributed by atoms with Crippen LogP contribution in [0.4, 0.5) is 32.6 Å². The largest absolute Gasteiger partial charge is 0.410 e. The molecule has 1 aliphatic heterocycles. The summed E-state index contributed by atoms with van der Waals surface area (Å²) < 4.78 is 68.7. The number of nitrogens with one attached hydrogen (secondary N) is 3. The van der Waals surface area contributed by atoms with Gasteiger partial charge in [-0.25, -0.2) is 18.6 Å². The highest BCUT2D eigenvalue weighted by Crippen LogP contribution is 2.45. The lowest BCUT2D eigenvalue weighted by Gasteiger charge is -2.42. The molecule has 0 aromatic carbocycles. The number of rotatable bonds is 8. The summed E-state index contributed by atoms with van der Waals surface area (Å²) in [6.07, 6.45) is -0.940. The number of anilines is 1. The van der Waals surface area contributed by atoms with E-state index in [1.807, 2.05) is 5.32 Å². The van der Waals surface area contributed by atoms with Gasteiger partial charge in [0.15, 0.2) is 0 Å². The average molecular weight is 584 g/mol. The first-order valence-electron chi connectivity index (χ1n) is 13.3. The van der Waals surface area contributed by atoms with Crippen molar-refractivity contribution in [2.24, 2.45) is 5.41 Å². The normalized spacial score (nSPS) is 22.6. The molecule has 0 bridgehead atoms. The maximum Gasteiger partial charge on any atom is 0.410 e. The molecule has 15 heteroatoms. The first-order valence-corrected chi connectivity index (χ1v) is 13.3. The van der Waals surface area contributed by atoms with E-state index >= 15 is 0 Å². The molecule has 1 unspecified atom stereocenters. The van der Waals surface area contributed by atoms with Gasteiger partial charge in [-0.15, -0.1) is 0 Å². The van der Waals surface area contributed by atoms with E-state index in [-0.39, 0.29) is 36.9 Å². The molecular formula is C26H30F5N7O3. The molecule has 3 aliphatic rings. The van der Waals surface area contributed by atoms with Gasteiger partial charge in [0, 0.05) is 31.8 Å². The van der Waals surface area contributed by atoms with Crippen molar-refractivity contribution in [3.8, 4) is 0 Å². The second-order valence-electron chi connectivity index (χ2n) is 11.3. The van der Waals surface area contributed by atoms with Crippen molar-refractivity contribution in [2.45, 2.75) is 82.2 Å². The van der Waals surface area contributed by atoms with Crippen LogP contribution in [0.15, 0.2) is 30.6 Å². The molecule has 2 aliphatic carbocycles. The first-order chi connectivity index (χ1) is 19.2. The highest BCUT2D eigenvalue weighted by atomic mass is 19.4. The molecule has 0 spiro atoms. The Labute approximate surface area is 232 Å². The standard InChI is InChI=1S/C26H30F5N7O3/c1-24(6-8-25(27,28)9-7-24)20(36-21(39)17-5-11-33-38(17)16-2-3-16)22(40)35-19-12-15(4-10-32-19)13-37-14-18(26(29,30)31)34-23(37)41/h4-5,10-12,16,18,20H,2-3,6-9,13-14H2,1H3,(H,34,41)(H,36,39)(H,32,35,40)/t18?,20-/m1/s1. The zero-order valence-corrected chi connectivity index (χ0v) is 22.2. The molecule has 3 N–H and O–H groups in total. The minimum Gasteiger partial charge on any atom is -0.338 e. The number of urea groups is 1. The molecule has 2 saturated carbocycles. The van der Waals surface area contributed by atoms with Crippen LogP contribution in [0.5, 0.6) is 0 Å². The number of halogens is 5. The summed E-state index contributed by atoms with van der Waals surface area (Å²) in [4.78, 5) is 44.0. The van der Waals surface area contributed by atoms with Gasteiger partial charge in [-0.05, 0) is 54.9 Å². The van der Waals surface area contributed by atoms with E-state index in [1.165, 1.54) is 30.6 Å². The van der Waals surface area contributed by atoms with Crippen LogP contribution in [0.3, 0.4) is 0 Å². The zero-order valence-electron chi connectivity index (χ0n) is 22.2. The first kappa shape index (κ1) is 28.7. The Morgan fingerprint density at radius 2 is 1.85 bits per heavy atom. The number of hydrogen-bond donors (Lipinski definition) is 3. The number of nitrogens with zero attached hydrogens (tertiary/aromatic N) is 4. The summed E-state index contributed by atoms with van der Waals surface area (Å²) in [6, 6.07) is 0.472. The lowest BCUT2D eigenvalue weighted by atomic mass is 9.69. The van der Waals surface area contributed by atoms with Crippen molar-refractivity contribution in [1.29, 1.82) is 0 Å². The third kappa shape index (κ3) is 6.43. The Balaban J connectivity index is 1.32. The van der Waals surface area contributed by atoms with Crippen molar-refractivity contribution in [2.75, 3.05) is 11.9 Å². The number of amides is 4. The molecule has 10 nitrogen and oxygen atoms in total. The maximum atomic E-state index is 14.0. The van der Waals surface area contributed by atoms with E-state index in [2.05, 4.69) is 20.7 Å². The summed E-state index contributed by atoms with van der Waals surface area (Å²) in [7, 11) is 0. The Morgan fingerprint density at radius 1 is 1.15 bits per heavy atom. The van der Waals surface area contributed by atoms with Gasteiger partial charge in [-0.3, -0.25) is 14.3 Å². The van der Waals surface area contributed by atoms with E-state index in [1.54, 1.807) is 11.6 Å². The summed E-state index contributed by atoms with van der Waals surface area (Å²) >= 11 is 0. The number of carbonyl (C=O) groups is 3. The third-order valence-corrected chi connectivity index (χ3v) is 7.99. The van der Waals surface area contributed by atoms with Crippen molar-refractivity contribution >= 4 is 23.7 Å². The molecule has 2 aromatic heterocycles. The number of hydrogen-bond acceptors (Lipinski definition) is 5. The van der Waals surface area contributed by atoms with E-state index in [0.717, 1.165) is 17.7 Å². The molecule has 41 heavy (non-hydrogen) atoms. The Kier molecular flexibility index (Phi) is 7.40. The predicted octanol–water partition coefficient (Wildman–Crippen LogP) is 4.02. The van der Waals surface area contributed by atoms with Crippen LogP contribution < -0.4 is 16.0 Å². The summed E-state index contributed by atoms with van der Waals surface area (Å²) in [6.45, 7) is 0.945. The fraction of sp³-hybridized carbons (Fsp3) is 0.577. The number of aromatic nitrogens is 3. The van der Waals surface area contributed by atoms with Gasteiger partial charge in [-0.2, -0.15) is 18.3 Å². The van der Waals surface area contributed by atoms with Crippen LogP contribution >= 0.6 is 0 Å². The second kappa shape index (κ2) is 10.6. The molecule has 222 valence electrons. The number of alkyl halides is 5. The number of pyridine rings is 1. The van der Waals surface area contributed by atoms with Crippen LogP contribution in [0, 0.1) is 5.41 Å². The highest BCUT2D eigenvalue weighted by molar-refractivity contribution is 6.00.